The van der Waals surface area contributed by atoms with Crippen LogP contribution in [0.5, 0.6) is 0 Å². The lowest BCUT2D eigenvalue weighted by atomic mass is 9.87. The number of piperidine rings is 1. The van der Waals surface area contributed by atoms with E-state index in [0.29, 0.717) is 6.61 Å². The maximum atomic E-state index is 12.3. The van der Waals surface area contributed by atoms with Gasteiger partial charge in [-0.15, -0.1) is 0 Å². The molecule has 0 atom stereocenters. The lowest BCUT2D eigenvalue weighted by Crippen LogP contribution is -2.54. The monoisotopic (exact) mass is 262 g/mol. The summed E-state index contributed by atoms with van der Waals surface area (Å²) in [6.45, 7) is 4.08. The zero-order valence-corrected chi connectivity index (χ0v) is 11.7. The number of hydrogen-bond donors (Lipinski definition) is 1. The molecule has 4 nitrogen and oxygen atoms in total. The van der Waals surface area contributed by atoms with Gasteiger partial charge in [-0.05, 0) is 38.9 Å². The summed E-state index contributed by atoms with van der Waals surface area (Å²) in [4.78, 5) is 14.6. The van der Waals surface area contributed by atoms with Crippen LogP contribution in [0.15, 0.2) is 30.3 Å². The molecule has 1 aromatic carbocycles. The van der Waals surface area contributed by atoms with Gasteiger partial charge in [0.1, 0.15) is 5.54 Å². The molecular formula is C15H22N2O2. The van der Waals surface area contributed by atoms with Crippen LogP contribution in [0.2, 0.25) is 0 Å². The summed E-state index contributed by atoms with van der Waals surface area (Å²) in [5.41, 5.74) is 0.393. The van der Waals surface area contributed by atoms with Crippen molar-refractivity contribution in [3.05, 3.63) is 30.3 Å². The highest BCUT2D eigenvalue weighted by molar-refractivity contribution is 5.84. The van der Waals surface area contributed by atoms with Crippen LogP contribution < -0.4 is 5.32 Å². The summed E-state index contributed by atoms with van der Waals surface area (Å²) in [7, 11) is 2.08. The van der Waals surface area contributed by atoms with Gasteiger partial charge in [0.05, 0.1) is 6.61 Å². The van der Waals surface area contributed by atoms with Crippen LogP contribution in [0.4, 0.5) is 5.69 Å². The van der Waals surface area contributed by atoms with Crippen LogP contribution in [-0.2, 0) is 9.53 Å². The first-order valence-corrected chi connectivity index (χ1v) is 6.85. The van der Waals surface area contributed by atoms with Gasteiger partial charge >= 0.3 is 5.97 Å². The Morgan fingerprint density at radius 1 is 1.32 bits per heavy atom. The van der Waals surface area contributed by atoms with Crippen LogP contribution in [0.25, 0.3) is 0 Å². The highest BCUT2D eigenvalue weighted by atomic mass is 16.5. The molecular weight excluding hydrogens is 240 g/mol. The molecule has 1 N–H and O–H groups in total. The average Bonchev–Trinajstić information content (AvgIpc) is 2.43. The molecule has 1 aliphatic heterocycles. The summed E-state index contributed by atoms with van der Waals surface area (Å²) in [6, 6.07) is 9.88. The molecule has 1 saturated heterocycles. The Bertz CT molecular complexity index is 411. The fourth-order valence-electron chi connectivity index (χ4n) is 2.45. The van der Waals surface area contributed by atoms with Gasteiger partial charge in [0.2, 0.25) is 0 Å². The molecule has 1 aliphatic rings. The van der Waals surface area contributed by atoms with E-state index in [1.807, 2.05) is 37.3 Å². The number of hydrogen-bond acceptors (Lipinski definition) is 4. The van der Waals surface area contributed by atoms with Gasteiger partial charge in [0.25, 0.3) is 0 Å². The van der Waals surface area contributed by atoms with Crippen molar-refractivity contribution in [2.75, 3.05) is 32.1 Å². The number of para-hydroxylation sites is 1. The van der Waals surface area contributed by atoms with E-state index >= 15 is 0 Å². The zero-order chi connectivity index (χ0) is 13.7. The minimum Gasteiger partial charge on any atom is -0.464 e. The molecule has 0 radical (unpaired) electrons. The first-order chi connectivity index (χ1) is 9.16. The summed E-state index contributed by atoms with van der Waals surface area (Å²) in [6.07, 6.45) is 1.55. The standard InChI is InChI=1S/C15H22N2O2/c1-3-19-14(18)15(9-11-17(2)12-10-15)16-13-7-5-4-6-8-13/h4-8,16H,3,9-12H2,1-2H3. The quantitative estimate of drug-likeness (QED) is 0.844. The first kappa shape index (κ1) is 13.9. The molecule has 1 fully saturated rings. The average molecular weight is 262 g/mol. The lowest BCUT2D eigenvalue weighted by molar-refractivity contribution is -0.150. The van der Waals surface area contributed by atoms with E-state index in [0.717, 1.165) is 31.6 Å². The van der Waals surface area contributed by atoms with Crippen molar-refractivity contribution in [3.63, 3.8) is 0 Å². The fourth-order valence-corrected chi connectivity index (χ4v) is 2.45. The van der Waals surface area contributed by atoms with Crippen molar-refractivity contribution >= 4 is 11.7 Å². The number of benzene rings is 1. The lowest BCUT2D eigenvalue weighted by Gasteiger charge is -2.39. The summed E-state index contributed by atoms with van der Waals surface area (Å²) in [5.74, 6) is -0.132. The molecule has 4 heteroatoms. The topological polar surface area (TPSA) is 41.6 Å². The van der Waals surface area contributed by atoms with Crippen molar-refractivity contribution in [1.82, 2.24) is 4.90 Å². The van der Waals surface area contributed by atoms with Gasteiger partial charge in [-0.3, -0.25) is 0 Å². The number of nitrogens with one attached hydrogen (secondary N) is 1. The second kappa shape index (κ2) is 6.06. The zero-order valence-electron chi connectivity index (χ0n) is 11.7. The predicted octanol–water partition coefficient (Wildman–Crippen LogP) is 2.13. The van der Waals surface area contributed by atoms with Crippen LogP contribution in [0.3, 0.4) is 0 Å². The molecule has 0 unspecified atom stereocenters. The molecule has 19 heavy (non-hydrogen) atoms. The Morgan fingerprint density at radius 3 is 2.53 bits per heavy atom. The Balaban J connectivity index is 2.17. The van der Waals surface area contributed by atoms with Crippen molar-refractivity contribution in [1.29, 1.82) is 0 Å². The minimum atomic E-state index is -0.579. The van der Waals surface area contributed by atoms with Crippen LogP contribution >= 0.6 is 0 Å². The molecule has 2 rings (SSSR count). The Morgan fingerprint density at radius 2 is 1.95 bits per heavy atom. The molecule has 1 aromatic rings. The van der Waals surface area contributed by atoms with Crippen molar-refractivity contribution in [2.45, 2.75) is 25.3 Å². The normalized spacial score (nSPS) is 18.8. The van der Waals surface area contributed by atoms with Gasteiger partial charge in [-0.2, -0.15) is 0 Å². The molecule has 0 amide bonds. The van der Waals surface area contributed by atoms with Gasteiger partial charge in [-0.25, -0.2) is 4.79 Å². The second-order valence-electron chi connectivity index (χ2n) is 5.10. The van der Waals surface area contributed by atoms with E-state index in [1.54, 1.807) is 0 Å². The summed E-state index contributed by atoms with van der Waals surface area (Å²) >= 11 is 0. The van der Waals surface area contributed by atoms with Crippen LogP contribution in [0, 0.1) is 0 Å². The van der Waals surface area contributed by atoms with Gasteiger partial charge < -0.3 is 15.0 Å². The van der Waals surface area contributed by atoms with Gasteiger partial charge in [0.15, 0.2) is 0 Å². The highest BCUT2D eigenvalue weighted by Crippen LogP contribution is 2.28. The van der Waals surface area contributed by atoms with Crippen molar-refractivity contribution < 1.29 is 9.53 Å². The molecule has 0 bridgehead atoms. The van der Waals surface area contributed by atoms with Crippen LogP contribution in [0.1, 0.15) is 19.8 Å². The van der Waals surface area contributed by atoms with Crippen LogP contribution in [-0.4, -0.2) is 43.2 Å². The maximum Gasteiger partial charge on any atom is 0.331 e. The summed E-state index contributed by atoms with van der Waals surface area (Å²) < 4.78 is 5.27. The number of nitrogens with zero attached hydrogens (tertiary/aromatic N) is 1. The summed E-state index contributed by atoms with van der Waals surface area (Å²) in [5, 5.41) is 3.40. The smallest absolute Gasteiger partial charge is 0.331 e. The van der Waals surface area contributed by atoms with Crippen molar-refractivity contribution in [3.8, 4) is 0 Å². The number of carbonyl (C=O) groups excluding carboxylic acids is 1. The number of rotatable bonds is 4. The van der Waals surface area contributed by atoms with E-state index in [1.165, 1.54) is 0 Å². The molecule has 104 valence electrons. The molecule has 0 saturated carbocycles. The third-order valence-electron chi connectivity index (χ3n) is 3.66. The van der Waals surface area contributed by atoms with Gasteiger partial charge in [-0.1, -0.05) is 18.2 Å². The fraction of sp³-hybridized carbons (Fsp3) is 0.533. The number of anilines is 1. The first-order valence-electron chi connectivity index (χ1n) is 6.85. The largest absolute Gasteiger partial charge is 0.464 e. The third kappa shape index (κ3) is 3.26. The van der Waals surface area contributed by atoms with E-state index < -0.39 is 5.54 Å². The van der Waals surface area contributed by atoms with E-state index in [-0.39, 0.29) is 5.97 Å². The highest BCUT2D eigenvalue weighted by Gasteiger charge is 2.42. The van der Waals surface area contributed by atoms with E-state index in [2.05, 4.69) is 17.3 Å². The Kier molecular flexibility index (Phi) is 4.43. The molecule has 0 aromatic heterocycles. The minimum absolute atomic E-state index is 0.132. The second-order valence-corrected chi connectivity index (χ2v) is 5.10. The number of ether oxygens (including phenoxy) is 1. The van der Waals surface area contributed by atoms with Gasteiger partial charge in [0, 0.05) is 18.8 Å². The van der Waals surface area contributed by atoms with Crippen molar-refractivity contribution in [2.24, 2.45) is 0 Å². The van der Waals surface area contributed by atoms with E-state index in [4.69, 9.17) is 4.74 Å². The number of esters is 1. The Hall–Kier alpha value is -1.55. The SMILES string of the molecule is CCOC(=O)C1(Nc2ccccc2)CCN(C)CC1. The molecule has 0 aliphatic carbocycles. The third-order valence-corrected chi connectivity index (χ3v) is 3.66. The maximum absolute atomic E-state index is 12.3. The predicted molar refractivity (Wildman–Crippen MR) is 76.2 cm³/mol. The number of carbonyl (C=O) groups is 1. The molecule has 0 spiro atoms. The molecule has 1 heterocycles. The Labute approximate surface area is 114 Å². The van der Waals surface area contributed by atoms with E-state index in [9.17, 15) is 4.79 Å². The number of likely N-dealkylation sites (tertiary alicyclic amines) is 1.